The van der Waals surface area contributed by atoms with Crippen molar-refractivity contribution in [2.75, 3.05) is 6.61 Å². The van der Waals surface area contributed by atoms with Crippen LogP contribution >= 0.6 is 0 Å². The molecule has 3 rings (SSSR count). The van der Waals surface area contributed by atoms with Crippen molar-refractivity contribution in [1.29, 1.82) is 0 Å². The van der Waals surface area contributed by atoms with Crippen LogP contribution in [0.25, 0.3) is 0 Å². The molecule has 1 heterocycles. The van der Waals surface area contributed by atoms with Gasteiger partial charge in [0.25, 0.3) is 5.91 Å². The second-order valence-electron chi connectivity index (χ2n) is 6.13. The van der Waals surface area contributed by atoms with Gasteiger partial charge in [0.05, 0.1) is 6.61 Å². The average Bonchev–Trinajstić information content (AvgIpc) is 3.08. The predicted octanol–water partition coefficient (Wildman–Crippen LogP) is 2.55. The van der Waals surface area contributed by atoms with Crippen LogP contribution in [-0.2, 0) is 22.6 Å². The third kappa shape index (κ3) is 4.75. The molecule has 6 nitrogen and oxygen atoms in total. The highest BCUT2D eigenvalue weighted by Gasteiger charge is 2.28. The molecular formula is C20H21NO5. The average molecular weight is 355 g/mol. The maximum atomic E-state index is 12.3. The Morgan fingerprint density at radius 2 is 1.92 bits per heavy atom. The van der Waals surface area contributed by atoms with Gasteiger partial charge in [-0.2, -0.15) is 0 Å². The number of fused-ring (bicyclic) bond motifs is 1. The molecule has 2 N–H and O–H groups in total. The molecule has 0 fully saturated rings. The third-order valence-electron chi connectivity index (χ3n) is 4.13. The summed E-state index contributed by atoms with van der Waals surface area (Å²) < 4.78 is 11.2. The molecule has 0 saturated heterocycles. The predicted molar refractivity (Wildman–Crippen MR) is 95.2 cm³/mol. The molecule has 1 amide bonds. The highest BCUT2D eigenvalue weighted by atomic mass is 16.5. The van der Waals surface area contributed by atoms with Gasteiger partial charge in [-0.05, 0) is 35.7 Å². The molecule has 1 aliphatic heterocycles. The number of nitrogens with one attached hydrogen (secondary N) is 1. The van der Waals surface area contributed by atoms with Crippen molar-refractivity contribution in [3.05, 3.63) is 59.7 Å². The zero-order valence-electron chi connectivity index (χ0n) is 14.3. The molecule has 6 heteroatoms. The lowest BCUT2D eigenvalue weighted by atomic mass is 10.1. The van der Waals surface area contributed by atoms with Gasteiger partial charge in [-0.1, -0.05) is 30.3 Å². The second-order valence-corrected chi connectivity index (χ2v) is 6.13. The highest BCUT2D eigenvalue weighted by molar-refractivity contribution is 5.82. The van der Waals surface area contributed by atoms with E-state index in [0.29, 0.717) is 31.7 Å². The van der Waals surface area contributed by atoms with Crippen LogP contribution < -0.4 is 14.8 Å². The summed E-state index contributed by atoms with van der Waals surface area (Å²) in [7, 11) is 0. The van der Waals surface area contributed by atoms with E-state index in [0.717, 1.165) is 16.9 Å². The first-order chi connectivity index (χ1) is 12.6. The van der Waals surface area contributed by atoms with Crippen LogP contribution in [0.2, 0.25) is 0 Å². The molecule has 2 aromatic rings. The number of carboxylic acids is 1. The summed E-state index contributed by atoms with van der Waals surface area (Å²) in [5.74, 6) is 0.501. The van der Waals surface area contributed by atoms with Crippen LogP contribution in [0.3, 0.4) is 0 Å². The van der Waals surface area contributed by atoms with E-state index < -0.39 is 12.1 Å². The summed E-state index contributed by atoms with van der Waals surface area (Å²) in [4.78, 5) is 22.7. The zero-order chi connectivity index (χ0) is 18.4. The maximum Gasteiger partial charge on any atom is 0.303 e. The number of rotatable bonds is 8. The topological polar surface area (TPSA) is 84.9 Å². The van der Waals surface area contributed by atoms with Gasteiger partial charge in [0, 0.05) is 19.4 Å². The lowest BCUT2D eigenvalue weighted by Crippen LogP contribution is -2.36. The normalized spacial score (nSPS) is 15.0. The number of carbonyl (C=O) groups is 2. The molecule has 0 radical (unpaired) electrons. The Morgan fingerprint density at radius 3 is 2.65 bits per heavy atom. The second kappa shape index (κ2) is 8.38. The van der Waals surface area contributed by atoms with E-state index in [4.69, 9.17) is 14.6 Å². The first-order valence-electron chi connectivity index (χ1n) is 8.57. The van der Waals surface area contributed by atoms with E-state index in [2.05, 4.69) is 5.32 Å². The molecule has 0 bridgehead atoms. The monoisotopic (exact) mass is 355 g/mol. The Kier molecular flexibility index (Phi) is 5.73. The van der Waals surface area contributed by atoms with Gasteiger partial charge >= 0.3 is 5.97 Å². The Morgan fingerprint density at radius 1 is 1.15 bits per heavy atom. The van der Waals surface area contributed by atoms with Crippen molar-refractivity contribution in [1.82, 2.24) is 5.32 Å². The Labute approximate surface area is 151 Å². The third-order valence-corrected chi connectivity index (χ3v) is 4.13. The van der Waals surface area contributed by atoms with E-state index >= 15 is 0 Å². The molecule has 0 aromatic heterocycles. The van der Waals surface area contributed by atoms with Crippen LogP contribution in [0.4, 0.5) is 0 Å². The van der Waals surface area contributed by atoms with Crippen molar-refractivity contribution >= 4 is 11.9 Å². The molecule has 1 unspecified atom stereocenters. The number of benzene rings is 2. The van der Waals surface area contributed by atoms with E-state index in [1.165, 1.54) is 0 Å². The van der Waals surface area contributed by atoms with Gasteiger partial charge in [-0.3, -0.25) is 9.59 Å². The summed E-state index contributed by atoms with van der Waals surface area (Å²) in [5, 5.41) is 11.5. The van der Waals surface area contributed by atoms with Crippen LogP contribution in [-0.4, -0.2) is 29.7 Å². The minimum atomic E-state index is -0.825. The van der Waals surface area contributed by atoms with E-state index in [1.54, 1.807) is 0 Å². The van der Waals surface area contributed by atoms with Gasteiger partial charge in [0.1, 0.15) is 11.5 Å². The van der Waals surface area contributed by atoms with Gasteiger partial charge in [0.2, 0.25) is 0 Å². The summed E-state index contributed by atoms with van der Waals surface area (Å²) >= 11 is 0. The molecule has 26 heavy (non-hydrogen) atoms. The van der Waals surface area contributed by atoms with Crippen molar-refractivity contribution in [2.24, 2.45) is 0 Å². The Bertz CT molecular complexity index is 747. The van der Waals surface area contributed by atoms with Crippen LogP contribution in [0.15, 0.2) is 48.5 Å². The van der Waals surface area contributed by atoms with E-state index in [-0.39, 0.29) is 12.3 Å². The quantitative estimate of drug-likeness (QED) is 0.711. The molecular weight excluding hydrogens is 334 g/mol. The van der Waals surface area contributed by atoms with Gasteiger partial charge in [-0.25, -0.2) is 0 Å². The lowest BCUT2D eigenvalue weighted by molar-refractivity contribution is -0.137. The van der Waals surface area contributed by atoms with Crippen molar-refractivity contribution in [3.8, 4) is 11.5 Å². The number of carboxylic acid groups (broad SMARTS) is 1. The molecule has 136 valence electrons. The zero-order valence-corrected chi connectivity index (χ0v) is 14.3. The SMILES string of the molecule is O=C(O)CCCOc1ccc(CNC(=O)C2Cc3ccccc3O2)cc1. The standard InChI is InChI=1S/C20H21NO5/c22-19(23)6-3-11-25-16-9-7-14(8-10-16)13-21-20(24)18-12-15-4-1-2-5-17(15)26-18/h1-2,4-5,7-10,18H,3,6,11-13H2,(H,21,24)(H,22,23). The van der Waals surface area contributed by atoms with Crippen molar-refractivity contribution in [3.63, 3.8) is 0 Å². The van der Waals surface area contributed by atoms with Gasteiger partial charge in [-0.15, -0.1) is 0 Å². The molecule has 1 atom stereocenters. The van der Waals surface area contributed by atoms with Crippen LogP contribution in [0.1, 0.15) is 24.0 Å². The first-order valence-corrected chi connectivity index (χ1v) is 8.57. The van der Waals surface area contributed by atoms with Gasteiger partial charge in [0.15, 0.2) is 6.10 Å². The van der Waals surface area contributed by atoms with Gasteiger partial charge < -0.3 is 19.9 Å². The highest BCUT2D eigenvalue weighted by Crippen LogP contribution is 2.28. The fraction of sp³-hybridized carbons (Fsp3) is 0.300. The fourth-order valence-electron chi connectivity index (χ4n) is 2.75. The van der Waals surface area contributed by atoms with Crippen LogP contribution in [0.5, 0.6) is 11.5 Å². The smallest absolute Gasteiger partial charge is 0.303 e. The molecule has 1 aliphatic rings. The molecule has 0 aliphatic carbocycles. The minimum absolute atomic E-state index is 0.0945. The number of carbonyl (C=O) groups excluding carboxylic acids is 1. The maximum absolute atomic E-state index is 12.3. The van der Waals surface area contributed by atoms with Crippen LogP contribution in [0, 0.1) is 0 Å². The first kappa shape index (κ1) is 17.8. The lowest BCUT2D eigenvalue weighted by Gasteiger charge is -2.12. The number of hydrogen-bond donors (Lipinski definition) is 2. The molecule has 0 saturated carbocycles. The molecule has 0 spiro atoms. The fourth-order valence-corrected chi connectivity index (χ4v) is 2.75. The Balaban J connectivity index is 1.42. The number of para-hydroxylation sites is 1. The number of amides is 1. The molecule has 2 aromatic carbocycles. The summed E-state index contributed by atoms with van der Waals surface area (Å²) in [6.07, 6.45) is 0.670. The largest absolute Gasteiger partial charge is 0.494 e. The number of hydrogen-bond acceptors (Lipinski definition) is 4. The van der Waals surface area contributed by atoms with E-state index in [9.17, 15) is 9.59 Å². The van der Waals surface area contributed by atoms with Crippen molar-refractivity contribution < 1.29 is 24.2 Å². The number of ether oxygens (including phenoxy) is 2. The Hall–Kier alpha value is -3.02. The minimum Gasteiger partial charge on any atom is -0.494 e. The summed E-state index contributed by atoms with van der Waals surface area (Å²) in [5.41, 5.74) is 2.00. The number of aliphatic carboxylic acids is 1. The summed E-state index contributed by atoms with van der Waals surface area (Å²) in [6, 6.07) is 15.0. The van der Waals surface area contributed by atoms with Crippen molar-refractivity contribution in [2.45, 2.75) is 31.9 Å². The van der Waals surface area contributed by atoms with E-state index in [1.807, 2.05) is 48.5 Å². The summed E-state index contributed by atoms with van der Waals surface area (Å²) in [6.45, 7) is 0.774.